The van der Waals surface area contributed by atoms with Crippen molar-refractivity contribution in [2.24, 2.45) is 0 Å². The van der Waals surface area contributed by atoms with Crippen LogP contribution < -0.4 is 0 Å². The van der Waals surface area contributed by atoms with E-state index in [-0.39, 0.29) is 17.5 Å². The second kappa shape index (κ2) is 11.1. The Morgan fingerprint density at radius 3 is 1.94 bits per heavy atom. The van der Waals surface area contributed by atoms with Crippen molar-refractivity contribution in [3.63, 3.8) is 0 Å². The first-order valence-electron chi connectivity index (χ1n) is 11.4. The van der Waals surface area contributed by atoms with E-state index in [0.29, 0.717) is 17.7 Å². The topological polar surface area (TPSA) is 101 Å². The number of nitro groups is 1. The smallest absolute Gasteiger partial charge is 0.408 e. The lowest BCUT2D eigenvalue weighted by Crippen LogP contribution is -2.39. The van der Waals surface area contributed by atoms with Crippen LogP contribution >= 0.6 is 0 Å². The highest BCUT2D eigenvalue weighted by molar-refractivity contribution is 6.09. The standard InChI is InChI=1S/C16H15NO2.C13H9NO3/c18-16(19)17-11-10-12-6-4-5-9-14(12)15(17)13-7-2-1-3-8-13;15-13(10-4-2-1-3-5-10)11-6-8-12(9-7-11)14(16)17/h1-9,15H,10-11H2,(H,18,19);1-9H. The fraction of sp³-hybridized carbons (Fsp3) is 0.103. The van der Waals surface area contributed by atoms with Crippen molar-refractivity contribution < 1.29 is 19.6 Å². The molecule has 180 valence electrons. The van der Waals surface area contributed by atoms with Gasteiger partial charge >= 0.3 is 6.09 Å². The Morgan fingerprint density at radius 1 is 0.778 bits per heavy atom. The highest BCUT2D eigenvalue weighted by Crippen LogP contribution is 2.34. The van der Waals surface area contributed by atoms with Gasteiger partial charge in [-0.2, -0.15) is 0 Å². The molecule has 7 nitrogen and oxygen atoms in total. The third kappa shape index (κ3) is 5.47. The lowest BCUT2D eigenvalue weighted by atomic mass is 9.88. The molecule has 5 rings (SSSR count). The van der Waals surface area contributed by atoms with Gasteiger partial charge in [0.2, 0.25) is 0 Å². The van der Waals surface area contributed by atoms with Crippen molar-refractivity contribution in [2.75, 3.05) is 6.54 Å². The number of fused-ring (bicyclic) bond motifs is 1. The van der Waals surface area contributed by atoms with E-state index in [1.165, 1.54) is 34.7 Å². The molecule has 0 radical (unpaired) electrons. The minimum Gasteiger partial charge on any atom is -0.465 e. The van der Waals surface area contributed by atoms with Crippen LogP contribution in [0, 0.1) is 10.1 Å². The van der Waals surface area contributed by atoms with Crippen molar-refractivity contribution in [1.82, 2.24) is 4.90 Å². The number of ketones is 1. The van der Waals surface area contributed by atoms with Crippen LogP contribution in [0.5, 0.6) is 0 Å². The number of benzene rings is 4. The zero-order valence-electron chi connectivity index (χ0n) is 19.4. The third-order valence-corrected chi connectivity index (χ3v) is 6.02. The molecule has 1 atom stereocenters. The highest BCUT2D eigenvalue weighted by atomic mass is 16.6. The van der Waals surface area contributed by atoms with E-state index in [0.717, 1.165) is 17.5 Å². The molecule has 0 aromatic heterocycles. The number of carbonyl (C=O) groups is 2. The monoisotopic (exact) mass is 480 g/mol. The molecule has 0 fully saturated rings. The molecule has 4 aromatic rings. The van der Waals surface area contributed by atoms with Gasteiger partial charge in [0, 0.05) is 29.8 Å². The largest absolute Gasteiger partial charge is 0.465 e. The summed E-state index contributed by atoms with van der Waals surface area (Å²) in [6.45, 7) is 0.548. The SMILES string of the molecule is O=C(O)N1CCc2ccccc2C1c1ccccc1.O=C(c1ccccc1)c1ccc([N+](=O)[O-])cc1. The average molecular weight is 481 g/mol. The molecule has 1 unspecified atom stereocenters. The zero-order chi connectivity index (χ0) is 25.5. The molecular formula is C29H24N2O5. The Hall–Kier alpha value is -4.78. The molecular weight excluding hydrogens is 456 g/mol. The van der Waals surface area contributed by atoms with E-state index < -0.39 is 11.0 Å². The third-order valence-electron chi connectivity index (χ3n) is 6.02. The van der Waals surface area contributed by atoms with Gasteiger partial charge in [-0.05, 0) is 35.2 Å². The van der Waals surface area contributed by atoms with Crippen molar-refractivity contribution in [1.29, 1.82) is 0 Å². The van der Waals surface area contributed by atoms with Crippen molar-refractivity contribution in [3.05, 3.63) is 147 Å². The second-order valence-electron chi connectivity index (χ2n) is 8.24. The van der Waals surface area contributed by atoms with Gasteiger partial charge < -0.3 is 5.11 Å². The molecule has 1 aliphatic heterocycles. The van der Waals surface area contributed by atoms with E-state index in [2.05, 4.69) is 6.07 Å². The summed E-state index contributed by atoms with van der Waals surface area (Å²) in [6, 6.07) is 32.1. The van der Waals surface area contributed by atoms with Gasteiger partial charge in [-0.1, -0.05) is 84.9 Å². The van der Waals surface area contributed by atoms with Gasteiger partial charge in [-0.15, -0.1) is 0 Å². The van der Waals surface area contributed by atoms with Gasteiger partial charge in [0.05, 0.1) is 11.0 Å². The summed E-state index contributed by atoms with van der Waals surface area (Å²) >= 11 is 0. The van der Waals surface area contributed by atoms with E-state index in [4.69, 9.17) is 0 Å². The average Bonchev–Trinajstić information content (AvgIpc) is 2.93. The molecule has 7 heteroatoms. The van der Waals surface area contributed by atoms with Crippen LogP contribution in [0.25, 0.3) is 0 Å². The lowest BCUT2D eigenvalue weighted by Gasteiger charge is -2.35. The van der Waals surface area contributed by atoms with E-state index in [9.17, 15) is 24.8 Å². The van der Waals surface area contributed by atoms with E-state index in [1.54, 1.807) is 24.3 Å². The number of amides is 1. The maximum atomic E-state index is 12.0. The Morgan fingerprint density at radius 2 is 1.33 bits per heavy atom. The Kier molecular flexibility index (Phi) is 7.51. The first-order valence-corrected chi connectivity index (χ1v) is 11.4. The maximum Gasteiger partial charge on any atom is 0.408 e. The van der Waals surface area contributed by atoms with Crippen LogP contribution in [-0.4, -0.2) is 33.4 Å². The highest BCUT2D eigenvalue weighted by Gasteiger charge is 2.31. The summed E-state index contributed by atoms with van der Waals surface area (Å²) < 4.78 is 0. The number of nitro benzene ring substituents is 1. The predicted molar refractivity (Wildman–Crippen MR) is 136 cm³/mol. The number of carbonyl (C=O) groups excluding carboxylic acids is 1. The summed E-state index contributed by atoms with van der Waals surface area (Å²) in [5, 5.41) is 19.9. The van der Waals surface area contributed by atoms with Gasteiger partial charge in [0.15, 0.2) is 5.78 Å². The number of rotatable bonds is 4. The predicted octanol–water partition coefficient (Wildman–Crippen LogP) is 6.14. The Balaban J connectivity index is 0.000000170. The molecule has 36 heavy (non-hydrogen) atoms. The molecule has 0 bridgehead atoms. The quantitative estimate of drug-likeness (QED) is 0.215. The molecule has 0 saturated carbocycles. The second-order valence-corrected chi connectivity index (χ2v) is 8.24. The number of hydrogen-bond donors (Lipinski definition) is 1. The van der Waals surface area contributed by atoms with Crippen LogP contribution in [0.15, 0.2) is 109 Å². The molecule has 1 N–H and O–H groups in total. The van der Waals surface area contributed by atoms with Crippen molar-refractivity contribution in [3.8, 4) is 0 Å². The van der Waals surface area contributed by atoms with Crippen molar-refractivity contribution >= 4 is 17.6 Å². The molecule has 1 heterocycles. The maximum absolute atomic E-state index is 12.0. The molecule has 0 saturated heterocycles. The number of carboxylic acid groups (broad SMARTS) is 1. The first-order chi connectivity index (χ1) is 17.5. The molecule has 4 aromatic carbocycles. The minimum atomic E-state index is -0.858. The van der Waals surface area contributed by atoms with E-state index in [1.807, 2.05) is 54.6 Å². The zero-order valence-corrected chi connectivity index (χ0v) is 19.4. The van der Waals surface area contributed by atoms with Crippen molar-refractivity contribution in [2.45, 2.75) is 12.5 Å². The van der Waals surface area contributed by atoms with Crippen LogP contribution in [0.4, 0.5) is 10.5 Å². The summed E-state index contributed by atoms with van der Waals surface area (Å²) in [6.07, 6.45) is -0.0745. The lowest BCUT2D eigenvalue weighted by molar-refractivity contribution is -0.384. The number of hydrogen-bond acceptors (Lipinski definition) is 4. The van der Waals surface area contributed by atoms with Crippen LogP contribution in [0.3, 0.4) is 0 Å². The van der Waals surface area contributed by atoms with Gasteiger partial charge in [-0.3, -0.25) is 19.8 Å². The Labute approximate surface area is 208 Å². The molecule has 0 aliphatic carbocycles. The van der Waals surface area contributed by atoms with Gasteiger partial charge in [-0.25, -0.2) is 4.79 Å². The fourth-order valence-electron chi connectivity index (χ4n) is 4.26. The normalized spacial score (nSPS) is 14.1. The van der Waals surface area contributed by atoms with Gasteiger partial charge in [0.25, 0.3) is 5.69 Å². The number of nitrogens with zero attached hydrogens (tertiary/aromatic N) is 2. The number of non-ortho nitro benzene ring substituents is 1. The van der Waals surface area contributed by atoms with Gasteiger partial charge in [0.1, 0.15) is 0 Å². The fourth-order valence-corrected chi connectivity index (χ4v) is 4.26. The summed E-state index contributed by atoms with van der Waals surface area (Å²) in [7, 11) is 0. The summed E-state index contributed by atoms with van der Waals surface area (Å²) in [5.41, 5.74) is 4.37. The molecule has 1 aliphatic rings. The molecule has 1 amide bonds. The van der Waals surface area contributed by atoms with Crippen LogP contribution in [0.2, 0.25) is 0 Å². The summed E-state index contributed by atoms with van der Waals surface area (Å²) in [4.78, 5) is 34.9. The minimum absolute atomic E-state index is 0.0189. The van der Waals surface area contributed by atoms with E-state index >= 15 is 0 Å². The van der Waals surface area contributed by atoms with Crippen LogP contribution in [-0.2, 0) is 6.42 Å². The summed E-state index contributed by atoms with van der Waals surface area (Å²) in [5.74, 6) is -0.138. The first kappa shape index (κ1) is 24.3. The molecule has 0 spiro atoms. The van der Waals surface area contributed by atoms with Crippen LogP contribution in [0.1, 0.15) is 38.7 Å². The Bertz CT molecular complexity index is 1360.